The summed E-state index contributed by atoms with van der Waals surface area (Å²) in [6, 6.07) is 9.48. The van der Waals surface area contributed by atoms with E-state index in [-0.39, 0.29) is 17.5 Å². The van der Waals surface area contributed by atoms with Gasteiger partial charge in [0.25, 0.3) is 0 Å². The zero-order chi connectivity index (χ0) is 15.5. The Morgan fingerprint density at radius 2 is 2.05 bits per heavy atom. The SMILES string of the molecule is O=C(O)c1ccc(N2CCO[C@@H](c3ccc(F)cc3)C2)nc1. The van der Waals surface area contributed by atoms with Gasteiger partial charge in [-0.15, -0.1) is 0 Å². The summed E-state index contributed by atoms with van der Waals surface area (Å²) < 4.78 is 18.7. The van der Waals surface area contributed by atoms with Gasteiger partial charge in [-0.2, -0.15) is 0 Å². The summed E-state index contributed by atoms with van der Waals surface area (Å²) in [5.74, 6) is -0.562. The predicted octanol–water partition coefficient (Wildman–Crippen LogP) is 2.50. The Morgan fingerprint density at radius 1 is 1.27 bits per heavy atom. The molecule has 0 unspecified atom stereocenters. The number of halogens is 1. The smallest absolute Gasteiger partial charge is 0.337 e. The van der Waals surface area contributed by atoms with Crippen molar-refractivity contribution < 1.29 is 19.0 Å². The predicted molar refractivity (Wildman–Crippen MR) is 78.5 cm³/mol. The lowest BCUT2D eigenvalue weighted by molar-refractivity contribution is 0.0395. The maximum absolute atomic E-state index is 13.0. The van der Waals surface area contributed by atoms with Gasteiger partial charge < -0.3 is 14.7 Å². The maximum atomic E-state index is 13.0. The number of aromatic nitrogens is 1. The average Bonchev–Trinajstić information content (AvgIpc) is 2.56. The van der Waals surface area contributed by atoms with Crippen LogP contribution in [-0.2, 0) is 4.74 Å². The van der Waals surface area contributed by atoms with Gasteiger partial charge in [-0.1, -0.05) is 12.1 Å². The number of morpholine rings is 1. The van der Waals surface area contributed by atoms with E-state index < -0.39 is 5.97 Å². The monoisotopic (exact) mass is 302 g/mol. The molecule has 6 heteroatoms. The van der Waals surface area contributed by atoms with Gasteiger partial charge in [0.2, 0.25) is 0 Å². The van der Waals surface area contributed by atoms with Crippen molar-refractivity contribution in [2.45, 2.75) is 6.10 Å². The summed E-state index contributed by atoms with van der Waals surface area (Å²) in [7, 11) is 0. The third-order valence-corrected chi connectivity index (χ3v) is 3.63. The molecular weight excluding hydrogens is 287 g/mol. The fourth-order valence-corrected chi connectivity index (χ4v) is 2.44. The van der Waals surface area contributed by atoms with Crippen LogP contribution in [0.25, 0.3) is 0 Å². The Morgan fingerprint density at radius 3 is 2.68 bits per heavy atom. The van der Waals surface area contributed by atoms with Crippen molar-refractivity contribution in [3.8, 4) is 0 Å². The van der Waals surface area contributed by atoms with Crippen LogP contribution >= 0.6 is 0 Å². The number of nitrogens with zero attached hydrogens (tertiary/aromatic N) is 2. The maximum Gasteiger partial charge on any atom is 0.337 e. The number of rotatable bonds is 3. The molecule has 0 bridgehead atoms. The van der Waals surface area contributed by atoms with Crippen LogP contribution in [0.1, 0.15) is 22.0 Å². The van der Waals surface area contributed by atoms with E-state index in [1.165, 1.54) is 24.4 Å². The second kappa shape index (κ2) is 6.11. The third kappa shape index (κ3) is 3.07. The van der Waals surface area contributed by atoms with E-state index in [0.717, 1.165) is 5.56 Å². The van der Waals surface area contributed by atoms with Crippen LogP contribution in [-0.4, -0.2) is 35.8 Å². The molecule has 1 atom stereocenters. The third-order valence-electron chi connectivity index (χ3n) is 3.63. The van der Waals surface area contributed by atoms with E-state index in [1.807, 2.05) is 4.90 Å². The van der Waals surface area contributed by atoms with E-state index in [4.69, 9.17) is 9.84 Å². The van der Waals surface area contributed by atoms with E-state index in [9.17, 15) is 9.18 Å². The molecule has 1 aromatic heterocycles. The summed E-state index contributed by atoms with van der Waals surface area (Å²) >= 11 is 0. The number of hydrogen-bond acceptors (Lipinski definition) is 4. The molecule has 2 aromatic rings. The first-order chi connectivity index (χ1) is 10.6. The van der Waals surface area contributed by atoms with Gasteiger partial charge in [0.05, 0.1) is 12.2 Å². The van der Waals surface area contributed by atoms with Crippen molar-refractivity contribution in [3.63, 3.8) is 0 Å². The summed E-state index contributed by atoms with van der Waals surface area (Å²) in [5, 5.41) is 8.89. The van der Waals surface area contributed by atoms with Crippen LogP contribution in [0.2, 0.25) is 0 Å². The molecule has 0 radical (unpaired) electrons. The number of anilines is 1. The highest BCUT2D eigenvalue weighted by Crippen LogP contribution is 2.25. The molecule has 1 saturated heterocycles. The molecule has 1 aliphatic rings. The van der Waals surface area contributed by atoms with Gasteiger partial charge in [0.1, 0.15) is 17.7 Å². The molecule has 2 heterocycles. The van der Waals surface area contributed by atoms with Gasteiger partial charge in [-0.3, -0.25) is 0 Å². The Kier molecular flexibility index (Phi) is 4.02. The van der Waals surface area contributed by atoms with Crippen LogP contribution in [0.5, 0.6) is 0 Å². The molecule has 3 rings (SSSR count). The summed E-state index contributed by atoms with van der Waals surface area (Å²) in [6.45, 7) is 1.80. The topological polar surface area (TPSA) is 62.7 Å². The number of aromatic carboxylic acids is 1. The largest absolute Gasteiger partial charge is 0.478 e. The number of ether oxygens (including phenoxy) is 1. The number of carboxylic acids is 1. The van der Waals surface area contributed by atoms with Gasteiger partial charge >= 0.3 is 5.97 Å². The van der Waals surface area contributed by atoms with Crippen molar-refractivity contribution in [3.05, 3.63) is 59.5 Å². The van der Waals surface area contributed by atoms with Crippen molar-refractivity contribution in [2.24, 2.45) is 0 Å². The second-order valence-electron chi connectivity index (χ2n) is 5.07. The number of carboxylic acid groups (broad SMARTS) is 1. The van der Waals surface area contributed by atoms with Crippen LogP contribution in [0, 0.1) is 5.82 Å². The van der Waals surface area contributed by atoms with Crippen molar-refractivity contribution in [1.82, 2.24) is 4.98 Å². The highest BCUT2D eigenvalue weighted by molar-refractivity contribution is 5.87. The lowest BCUT2D eigenvalue weighted by Gasteiger charge is -2.34. The van der Waals surface area contributed by atoms with E-state index in [1.54, 1.807) is 18.2 Å². The molecule has 0 amide bonds. The van der Waals surface area contributed by atoms with Crippen LogP contribution in [0.15, 0.2) is 42.6 Å². The molecule has 0 saturated carbocycles. The molecule has 5 nitrogen and oxygen atoms in total. The zero-order valence-electron chi connectivity index (χ0n) is 11.8. The zero-order valence-corrected chi connectivity index (χ0v) is 11.8. The molecule has 1 aliphatic heterocycles. The fraction of sp³-hybridized carbons (Fsp3) is 0.250. The lowest BCUT2D eigenvalue weighted by atomic mass is 10.1. The summed E-state index contributed by atoms with van der Waals surface area (Å²) in [6.07, 6.45) is 1.19. The van der Waals surface area contributed by atoms with E-state index in [2.05, 4.69) is 4.98 Å². The van der Waals surface area contributed by atoms with Crippen molar-refractivity contribution >= 4 is 11.8 Å². The number of pyridine rings is 1. The lowest BCUT2D eigenvalue weighted by Crippen LogP contribution is -2.38. The highest BCUT2D eigenvalue weighted by Gasteiger charge is 2.23. The van der Waals surface area contributed by atoms with Gasteiger partial charge in [0.15, 0.2) is 0 Å². The highest BCUT2D eigenvalue weighted by atomic mass is 19.1. The minimum absolute atomic E-state index is 0.157. The van der Waals surface area contributed by atoms with E-state index >= 15 is 0 Å². The average molecular weight is 302 g/mol. The Balaban J connectivity index is 1.75. The molecule has 0 spiro atoms. The fourth-order valence-electron chi connectivity index (χ4n) is 2.44. The van der Waals surface area contributed by atoms with Crippen LogP contribution in [0.4, 0.5) is 10.2 Å². The first-order valence-corrected chi connectivity index (χ1v) is 6.95. The van der Waals surface area contributed by atoms with E-state index in [0.29, 0.717) is 25.5 Å². The quantitative estimate of drug-likeness (QED) is 0.944. The van der Waals surface area contributed by atoms with Gasteiger partial charge in [-0.25, -0.2) is 14.2 Å². The minimum atomic E-state index is -0.995. The molecule has 1 fully saturated rings. The number of benzene rings is 1. The molecule has 1 aromatic carbocycles. The Bertz CT molecular complexity index is 658. The first-order valence-electron chi connectivity index (χ1n) is 6.95. The normalized spacial score (nSPS) is 18.2. The molecule has 1 N–H and O–H groups in total. The standard InChI is InChI=1S/C16H15FN2O3/c17-13-4-1-11(2-5-13)14-10-19(7-8-22-14)15-6-3-12(9-18-15)16(20)21/h1-6,9,14H,7-8,10H2,(H,20,21)/t14-/m1/s1. The Labute approximate surface area is 127 Å². The van der Waals surface area contributed by atoms with Gasteiger partial charge in [0, 0.05) is 19.3 Å². The molecular formula is C16H15FN2O3. The first kappa shape index (κ1) is 14.5. The molecule has 114 valence electrons. The van der Waals surface area contributed by atoms with Crippen LogP contribution < -0.4 is 4.90 Å². The van der Waals surface area contributed by atoms with Crippen LogP contribution in [0.3, 0.4) is 0 Å². The summed E-state index contributed by atoms with van der Waals surface area (Å²) in [4.78, 5) is 17.1. The number of hydrogen-bond donors (Lipinski definition) is 1. The minimum Gasteiger partial charge on any atom is -0.478 e. The summed E-state index contributed by atoms with van der Waals surface area (Å²) in [5.41, 5.74) is 1.07. The number of carbonyl (C=O) groups is 1. The molecule has 22 heavy (non-hydrogen) atoms. The molecule has 0 aliphatic carbocycles. The van der Waals surface area contributed by atoms with Gasteiger partial charge in [-0.05, 0) is 29.8 Å². The Hall–Kier alpha value is -2.47. The van der Waals surface area contributed by atoms with Crippen molar-refractivity contribution in [1.29, 1.82) is 0 Å². The second-order valence-corrected chi connectivity index (χ2v) is 5.07. The van der Waals surface area contributed by atoms with Crippen molar-refractivity contribution in [2.75, 3.05) is 24.6 Å².